The molecule has 0 unspecified atom stereocenters. The number of benzene rings is 2. The van der Waals surface area contributed by atoms with E-state index in [2.05, 4.69) is 39.5 Å². The fourth-order valence-electron chi connectivity index (χ4n) is 2.77. The first-order chi connectivity index (χ1) is 10.2. The molecular formula is C18H18BrNO. The summed E-state index contributed by atoms with van der Waals surface area (Å²) in [5, 5.41) is 5.30. The quantitative estimate of drug-likeness (QED) is 0.739. The summed E-state index contributed by atoms with van der Waals surface area (Å²) in [7, 11) is 0. The Labute approximate surface area is 133 Å². The first-order valence-corrected chi connectivity index (χ1v) is 8.17. The van der Waals surface area contributed by atoms with E-state index in [1.54, 1.807) is 0 Å². The molecule has 0 radical (unpaired) electrons. The summed E-state index contributed by atoms with van der Waals surface area (Å²) >= 11 is 3.47. The Morgan fingerprint density at radius 1 is 1.10 bits per heavy atom. The third kappa shape index (κ3) is 3.73. The van der Waals surface area contributed by atoms with Gasteiger partial charge >= 0.3 is 0 Å². The van der Waals surface area contributed by atoms with Gasteiger partial charge in [0.1, 0.15) is 0 Å². The van der Waals surface area contributed by atoms with Crippen LogP contribution in [0.25, 0.3) is 10.8 Å². The van der Waals surface area contributed by atoms with Crippen LogP contribution in [0.4, 0.5) is 5.69 Å². The van der Waals surface area contributed by atoms with Gasteiger partial charge in [-0.3, -0.25) is 4.79 Å². The number of allylic oxidation sites excluding steroid dienone is 1. The molecule has 0 fully saturated rings. The number of amides is 1. The van der Waals surface area contributed by atoms with Gasteiger partial charge in [-0.05, 0) is 60.7 Å². The number of carbonyl (C=O) groups is 1. The molecule has 108 valence electrons. The lowest BCUT2D eigenvalue weighted by Gasteiger charge is -2.12. The molecule has 1 N–H and O–H groups in total. The largest absolute Gasteiger partial charge is 0.326 e. The van der Waals surface area contributed by atoms with Crippen molar-refractivity contribution in [2.45, 2.75) is 32.1 Å². The minimum Gasteiger partial charge on any atom is -0.326 e. The maximum atomic E-state index is 12.1. The van der Waals surface area contributed by atoms with Crippen molar-refractivity contribution in [1.82, 2.24) is 0 Å². The molecule has 0 atom stereocenters. The van der Waals surface area contributed by atoms with E-state index < -0.39 is 0 Å². The number of nitrogens with one attached hydrogen (secondary N) is 1. The zero-order valence-electron chi connectivity index (χ0n) is 11.9. The predicted molar refractivity (Wildman–Crippen MR) is 91.4 cm³/mol. The normalized spacial score (nSPS) is 14.8. The Morgan fingerprint density at radius 3 is 2.71 bits per heavy atom. The molecular weight excluding hydrogens is 326 g/mol. The van der Waals surface area contributed by atoms with E-state index in [9.17, 15) is 4.79 Å². The lowest BCUT2D eigenvalue weighted by molar-refractivity contribution is -0.115. The monoisotopic (exact) mass is 343 g/mol. The zero-order valence-corrected chi connectivity index (χ0v) is 13.4. The molecule has 1 amide bonds. The van der Waals surface area contributed by atoms with Crippen LogP contribution in [0.1, 0.15) is 32.1 Å². The molecule has 0 spiro atoms. The van der Waals surface area contributed by atoms with E-state index >= 15 is 0 Å². The molecule has 0 saturated heterocycles. The zero-order chi connectivity index (χ0) is 14.7. The van der Waals surface area contributed by atoms with Crippen LogP contribution in [0, 0.1) is 0 Å². The second-order valence-electron chi connectivity index (χ2n) is 5.54. The molecule has 0 aliphatic heterocycles. The van der Waals surface area contributed by atoms with Gasteiger partial charge in [0.15, 0.2) is 0 Å². The van der Waals surface area contributed by atoms with Crippen LogP contribution in [0.3, 0.4) is 0 Å². The topological polar surface area (TPSA) is 29.1 Å². The summed E-state index contributed by atoms with van der Waals surface area (Å²) in [4.78, 5) is 12.1. The summed E-state index contributed by atoms with van der Waals surface area (Å²) in [6.45, 7) is 0. The average molecular weight is 344 g/mol. The van der Waals surface area contributed by atoms with Crippen LogP contribution in [0.15, 0.2) is 52.5 Å². The van der Waals surface area contributed by atoms with Crippen molar-refractivity contribution >= 4 is 38.3 Å². The van der Waals surface area contributed by atoms with Crippen LogP contribution in [0.2, 0.25) is 0 Å². The lowest BCUT2D eigenvalue weighted by Crippen LogP contribution is -2.13. The molecule has 0 bridgehead atoms. The van der Waals surface area contributed by atoms with Gasteiger partial charge in [0.05, 0.1) is 0 Å². The standard InChI is InChI=1S/C18H18BrNO/c19-16-8-6-15-12-17(9-7-14(15)11-16)20-18(21)10-13-4-2-1-3-5-13/h4,6-9,11-12H,1-3,5,10H2,(H,20,21). The molecule has 2 aromatic carbocycles. The highest BCUT2D eigenvalue weighted by Crippen LogP contribution is 2.24. The second kappa shape index (κ2) is 6.44. The second-order valence-corrected chi connectivity index (χ2v) is 6.46. The third-order valence-corrected chi connectivity index (χ3v) is 4.35. The van der Waals surface area contributed by atoms with Gasteiger partial charge in [0.25, 0.3) is 0 Å². The SMILES string of the molecule is O=C(CC1=CCCCC1)Nc1ccc2cc(Br)ccc2c1. The Kier molecular flexibility index (Phi) is 4.39. The third-order valence-electron chi connectivity index (χ3n) is 3.86. The molecule has 0 saturated carbocycles. The lowest BCUT2D eigenvalue weighted by atomic mass is 9.97. The van der Waals surface area contributed by atoms with Gasteiger partial charge in [0.2, 0.25) is 5.91 Å². The van der Waals surface area contributed by atoms with Gasteiger partial charge < -0.3 is 5.32 Å². The number of halogens is 1. The minimum absolute atomic E-state index is 0.0830. The summed E-state index contributed by atoms with van der Waals surface area (Å²) in [6.07, 6.45) is 7.40. The minimum atomic E-state index is 0.0830. The number of anilines is 1. The van der Waals surface area contributed by atoms with E-state index in [0.717, 1.165) is 33.8 Å². The summed E-state index contributed by atoms with van der Waals surface area (Å²) < 4.78 is 1.07. The van der Waals surface area contributed by atoms with E-state index in [-0.39, 0.29) is 5.91 Å². The number of hydrogen-bond donors (Lipinski definition) is 1. The van der Waals surface area contributed by atoms with Gasteiger partial charge in [-0.25, -0.2) is 0 Å². The van der Waals surface area contributed by atoms with Gasteiger partial charge in [-0.2, -0.15) is 0 Å². The Balaban J connectivity index is 1.70. The van der Waals surface area contributed by atoms with Crippen molar-refractivity contribution in [3.63, 3.8) is 0 Å². The summed E-state index contributed by atoms with van der Waals surface area (Å²) in [5.74, 6) is 0.0830. The van der Waals surface area contributed by atoms with E-state index in [4.69, 9.17) is 0 Å². The van der Waals surface area contributed by atoms with Crippen molar-refractivity contribution in [1.29, 1.82) is 0 Å². The number of rotatable bonds is 3. The fourth-order valence-corrected chi connectivity index (χ4v) is 3.15. The molecule has 3 rings (SSSR count). The predicted octanol–water partition coefficient (Wildman–Crippen LogP) is 5.43. The molecule has 2 aromatic rings. The molecule has 1 aliphatic rings. The molecule has 0 aromatic heterocycles. The molecule has 3 heteroatoms. The Hall–Kier alpha value is -1.61. The fraction of sp³-hybridized carbons (Fsp3) is 0.278. The smallest absolute Gasteiger partial charge is 0.228 e. The van der Waals surface area contributed by atoms with Crippen molar-refractivity contribution in [3.05, 3.63) is 52.5 Å². The van der Waals surface area contributed by atoms with Crippen LogP contribution >= 0.6 is 15.9 Å². The number of hydrogen-bond acceptors (Lipinski definition) is 1. The van der Waals surface area contributed by atoms with Crippen molar-refractivity contribution < 1.29 is 4.79 Å². The van der Waals surface area contributed by atoms with Crippen molar-refractivity contribution in [2.24, 2.45) is 0 Å². The average Bonchev–Trinajstić information content (AvgIpc) is 2.48. The van der Waals surface area contributed by atoms with Gasteiger partial charge in [-0.1, -0.05) is 39.7 Å². The Bertz CT molecular complexity index is 705. The molecule has 21 heavy (non-hydrogen) atoms. The van der Waals surface area contributed by atoms with E-state index in [0.29, 0.717) is 6.42 Å². The van der Waals surface area contributed by atoms with Crippen molar-refractivity contribution in [2.75, 3.05) is 5.32 Å². The van der Waals surface area contributed by atoms with E-state index in [1.165, 1.54) is 18.4 Å². The first kappa shape index (κ1) is 14.3. The molecule has 0 heterocycles. The highest BCUT2D eigenvalue weighted by Gasteiger charge is 2.09. The van der Waals surface area contributed by atoms with Crippen molar-refractivity contribution in [3.8, 4) is 0 Å². The maximum absolute atomic E-state index is 12.1. The van der Waals surface area contributed by atoms with Gasteiger partial charge in [0, 0.05) is 16.6 Å². The van der Waals surface area contributed by atoms with Gasteiger partial charge in [-0.15, -0.1) is 0 Å². The summed E-state index contributed by atoms with van der Waals surface area (Å²) in [5.41, 5.74) is 2.15. The van der Waals surface area contributed by atoms with Crippen LogP contribution in [-0.2, 0) is 4.79 Å². The van der Waals surface area contributed by atoms with Crippen LogP contribution in [-0.4, -0.2) is 5.91 Å². The number of carbonyl (C=O) groups excluding carboxylic acids is 1. The first-order valence-electron chi connectivity index (χ1n) is 7.38. The highest BCUT2D eigenvalue weighted by molar-refractivity contribution is 9.10. The molecule has 1 aliphatic carbocycles. The maximum Gasteiger partial charge on any atom is 0.228 e. The van der Waals surface area contributed by atoms with E-state index in [1.807, 2.05) is 24.3 Å². The highest BCUT2D eigenvalue weighted by atomic mass is 79.9. The van der Waals surface area contributed by atoms with Crippen LogP contribution < -0.4 is 5.32 Å². The Morgan fingerprint density at radius 2 is 1.90 bits per heavy atom. The summed E-state index contributed by atoms with van der Waals surface area (Å²) in [6, 6.07) is 12.2. The number of fused-ring (bicyclic) bond motifs is 1. The molecule has 2 nitrogen and oxygen atoms in total. The van der Waals surface area contributed by atoms with Crippen LogP contribution in [0.5, 0.6) is 0 Å².